The summed E-state index contributed by atoms with van der Waals surface area (Å²) in [5, 5.41) is 7.82. The fourth-order valence-corrected chi connectivity index (χ4v) is 1.26. The molecule has 2 rings (SSSR count). The number of aromatic nitrogens is 3. The van der Waals surface area contributed by atoms with Gasteiger partial charge in [0.2, 0.25) is 11.8 Å². The van der Waals surface area contributed by atoms with Crippen LogP contribution in [0, 0.1) is 0 Å². The molecule has 2 N–H and O–H groups in total. The molecule has 0 spiro atoms. The maximum atomic E-state index is 5.40. The molecule has 0 radical (unpaired) electrons. The van der Waals surface area contributed by atoms with E-state index in [1.165, 1.54) is 0 Å². The molecule has 5 heteroatoms. The quantitative estimate of drug-likeness (QED) is 0.787. The Balaban J connectivity index is 2.05. The molecule has 2 heterocycles. The molecular weight excluding hydrogens is 192 g/mol. The van der Waals surface area contributed by atoms with Gasteiger partial charge in [0.1, 0.15) is 0 Å². The molecule has 0 aromatic carbocycles. The van der Waals surface area contributed by atoms with E-state index in [0.717, 1.165) is 5.56 Å². The van der Waals surface area contributed by atoms with Crippen molar-refractivity contribution >= 4 is 0 Å². The summed E-state index contributed by atoms with van der Waals surface area (Å²) in [6.45, 7) is 0.522. The largest absolute Gasteiger partial charge is 0.425 e. The predicted molar refractivity (Wildman–Crippen MR) is 54.1 cm³/mol. The monoisotopic (exact) mass is 204 g/mol. The van der Waals surface area contributed by atoms with Crippen molar-refractivity contribution in [1.82, 2.24) is 15.2 Å². The fraction of sp³-hybridized carbons (Fsp3) is 0.300. The highest BCUT2D eigenvalue weighted by molar-refractivity contribution is 5.12. The second kappa shape index (κ2) is 4.65. The van der Waals surface area contributed by atoms with Crippen molar-refractivity contribution in [2.75, 3.05) is 6.54 Å². The third kappa shape index (κ3) is 2.60. The standard InChI is InChI=1S/C10H12N4O/c11-4-3-9-13-14-10(15-9)6-8-2-1-5-12-7-8/h1-2,5,7H,3-4,6,11H2. The van der Waals surface area contributed by atoms with Crippen LogP contribution in [-0.4, -0.2) is 21.7 Å². The summed E-state index contributed by atoms with van der Waals surface area (Å²) < 4.78 is 5.40. The van der Waals surface area contributed by atoms with Crippen molar-refractivity contribution in [3.8, 4) is 0 Å². The molecule has 0 saturated carbocycles. The highest BCUT2D eigenvalue weighted by atomic mass is 16.4. The van der Waals surface area contributed by atoms with E-state index in [9.17, 15) is 0 Å². The average molecular weight is 204 g/mol. The van der Waals surface area contributed by atoms with E-state index in [4.69, 9.17) is 10.2 Å². The van der Waals surface area contributed by atoms with Gasteiger partial charge in [0.05, 0.1) is 6.42 Å². The molecule has 0 atom stereocenters. The van der Waals surface area contributed by atoms with Crippen LogP contribution in [0.1, 0.15) is 17.3 Å². The highest BCUT2D eigenvalue weighted by Gasteiger charge is 2.05. The van der Waals surface area contributed by atoms with E-state index in [-0.39, 0.29) is 0 Å². The number of nitrogens with zero attached hydrogens (tertiary/aromatic N) is 3. The zero-order chi connectivity index (χ0) is 10.5. The molecule has 0 aliphatic heterocycles. The van der Waals surface area contributed by atoms with Crippen LogP contribution in [-0.2, 0) is 12.8 Å². The smallest absolute Gasteiger partial charge is 0.220 e. The lowest BCUT2D eigenvalue weighted by Crippen LogP contribution is -2.02. The van der Waals surface area contributed by atoms with Crippen molar-refractivity contribution in [2.45, 2.75) is 12.8 Å². The van der Waals surface area contributed by atoms with Crippen molar-refractivity contribution in [3.05, 3.63) is 41.9 Å². The third-order valence-electron chi connectivity index (χ3n) is 1.95. The van der Waals surface area contributed by atoms with E-state index < -0.39 is 0 Å². The minimum Gasteiger partial charge on any atom is -0.425 e. The van der Waals surface area contributed by atoms with Crippen LogP contribution in [0.25, 0.3) is 0 Å². The number of rotatable bonds is 4. The van der Waals surface area contributed by atoms with Crippen molar-refractivity contribution in [3.63, 3.8) is 0 Å². The Morgan fingerprint density at radius 1 is 1.27 bits per heavy atom. The van der Waals surface area contributed by atoms with E-state index in [2.05, 4.69) is 15.2 Å². The average Bonchev–Trinajstić information content (AvgIpc) is 2.68. The molecule has 15 heavy (non-hydrogen) atoms. The van der Waals surface area contributed by atoms with Gasteiger partial charge in [-0.2, -0.15) is 0 Å². The Hall–Kier alpha value is -1.75. The van der Waals surface area contributed by atoms with Gasteiger partial charge in [0.25, 0.3) is 0 Å². The maximum absolute atomic E-state index is 5.40. The van der Waals surface area contributed by atoms with Gasteiger partial charge in [-0.1, -0.05) is 6.07 Å². The summed E-state index contributed by atoms with van der Waals surface area (Å²) >= 11 is 0. The summed E-state index contributed by atoms with van der Waals surface area (Å²) in [4.78, 5) is 4.01. The topological polar surface area (TPSA) is 77.8 Å². The zero-order valence-corrected chi connectivity index (χ0v) is 8.26. The first kappa shape index (κ1) is 9.79. The van der Waals surface area contributed by atoms with Crippen LogP contribution < -0.4 is 5.73 Å². The summed E-state index contributed by atoms with van der Waals surface area (Å²) in [5.41, 5.74) is 6.44. The first-order valence-electron chi connectivity index (χ1n) is 4.78. The lowest BCUT2D eigenvalue weighted by Gasteiger charge is -1.94. The van der Waals surface area contributed by atoms with Crippen LogP contribution >= 0.6 is 0 Å². The first-order valence-corrected chi connectivity index (χ1v) is 4.78. The molecular formula is C10H12N4O. The normalized spacial score (nSPS) is 10.5. The number of hydrogen-bond acceptors (Lipinski definition) is 5. The number of hydrogen-bond donors (Lipinski definition) is 1. The lowest BCUT2D eigenvalue weighted by atomic mass is 10.2. The van der Waals surface area contributed by atoms with Crippen molar-refractivity contribution in [1.29, 1.82) is 0 Å². The molecule has 0 fully saturated rings. The van der Waals surface area contributed by atoms with Gasteiger partial charge in [-0.05, 0) is 11.6 Å². The Morgan fingerprint density at radius 2 is 2.13 bits per heavy atom. The van der Waals surface area contributed by atoms with Crippen LogP contribution in [0.4, 0.5) is 0 Å². The Bertz CT molecular complexity index is 412. The minimum atomic E-state index is 0.522. The molecule has 0 aliphatic carbocycles. The molecule has 78 valence electrons. The number of nitrogens with two attached hydrogens (primary N) is 1. The van der Waals surface area contributed by atoms with E-state index in [1.807, 2.05) is 12.1 Å². The third-order valence-corrected chi connectivity index (χ3v) is 1.95. The van der Waals surface area contributed by atoms with Gasteiger partial charge in [-0.3, -0.25) is 4.98 Å². The molecule has 0 amide bonds. The SMILES string of the molecule is NCCc1nnc(Cc2cccnc2)o1. The van der Waals surface area contributed by atoms with Gasteiger partial charge in [0, 0.05) is 25.4 Å². The molecule has 0 unspecified atom stereocenters. The van der Waals surface area contributed by atoms with Crippen LogP contribution in [0.2, 0.25) is 0 Å². The van der Waals surface area contributed by atoms with Crippen molar-refractivity contribution in [2.24, 2.45) is 5.73 Å². The summed E-state index contributed by atoms with van der Waals surface area (Å²) in [6, 6.07) is 3.85. The molecule has 0 saturated heterocycles. The number of pyridine rings is 1. The Labute approximate surface area is 87.3 Å². The summed E-state index contributed by atoms with van der Waals surface area (Å²) in [6.07, 6.45) is 4.76. The second-order valence-corrected chi connectivity index (χ2v) is 3.17. The second-order valence-electron chi connectivity index (χ2n) is 3.17. The Kier molecular flexibility index (Phi) is 3.04. The van der Waals surface area contributed by atoms with E-state index >= 15 is 0 Å². The minimum absolute atomic E-state index is 0.522. The predicted octanol–water partition coefficient (Wildman–Crippen LogP) is 0.557. The molecule has 0 aliphatic rings. The van der Waals surface area contributed by atoms with Gasteiger partial charge < -0.3 is 10.2 Å². The lowest BCUT2D eigenvalue weighted by molar-refractivity contribution is 0.458. The van der Waals surface area contributed by atoms with Gasteiger partial charge in [-0.25, -0.2) is 0 Å². The van der Waals surface area contributed by atoms with Crippen LogP contribution in [0.15, 0.2) is 28.9 Å². The Morgan fingerprint density at radius 3 is 2.87 bits per heavy atom. The van der Waals surface area contributed by atoms with Gasteiger partial charge in [-0.15, -0.1) is 10.2 Å². The highest BCUT2D eigenvalue weighted by Crippen LogP contribution is 2.07. The van der Waals surface area contributed by atoms with E-state index in [1.54, 1.807) is 12.4 Å². The van der Waals surface area contributed by atoms with Crippen LogP contribution in [0.3, 0.4) is 0 Å². The van der Waals surface area contributed by atoms with E-state index in [0.29, 0.717) is 31.2 Å². The molecule has 2 aromatic rings. The molecule has 5 nitrogen and oxygen atoms in total. The summed E-state index contributed by atoms with van der Waals surface area (Å²) in [7, 11) is 0. The van der Waals surface area contributed by atoms with Gasteiger partial charge >= 0.3 is 0 Å². The molecule has 2 aromatic heterocycles. The molecule has 0 bridgehead atoms. The first-order chi connectivity index (χ1) is 7.38. The van der Waals surface area contributed by atoms with Gasteiger partial charge in [0.15, 0.2) is 0 Å². The maximum Gasteiger partial charge on any atom is 0.220 e. The van der Waals surface area contributed by atoms with Crippen molar-refractivity contribution < 1.29 is 4.42 Å². The fourth-order valence-electron chi connectivity index (χ4n) is 1.26. The summed E-state index contributed by atoms with van der Waals surface area (Å²) in [5.74, 6) is 1.20. The van der Waals surface area contributed by atoms with Crippen LogP contribution in [0.5, 0.6) is 0 Å². The zero-order valence-electron chi connectivity index (χ0n) is 8.26.